The zero-order valence-electron chi connectivity index (χ0n) is 82.0. The molecule has 24 nitrogen and oxygen atoms in total. The van der Waals surface area contributed by atoms with Crippen LogP contribution in [0.1, 0.15) is 159 Å². The van der Waals surface area contributed by atoms with E-state index in [0.29, 0.717) is 69.5 Å². The maximum Gasteiger partial charge on any atom is 1.00 e. The molecule has 11 unspecified atom stereocenters. The van der Waals surface area contributed by atoms with Gasteiger partial charge in [-0.05, 0) is 300 Å². The Balaban J connectivity index is 0.000000233. The first-order valence-corrected chi connectivity index (χ1v) is 58.5. The molecule has 10 fully saturated rings. The number of para-hydroxylation sites is 2. The van der Waals surface area contributed by atoms with Gasteiger partial charge >= 0.3 is 123 Å². The normalized spacial score (nSPS) is 23.7. The number of carbonyl (C=O) groups is 3. The van der Waals surface area contributed by atoms with E-state index in [1.54, 1.807) is 32.4 Å². The van der Waals surface area contributed by atoms with Crippen LogP contribution in [-0.4, -0.2) is 189 Å². The average Bonchev–Trinajstić information content (AvgIpc) is 1.44. The monoisotopic (exact) mass is 2770 g/mol. The number of ether oxygens (including phenoxy) is 4. The number of thiol groups is 1. The number of piperidine rings is 5. The summed E-state index contributed by atoms with van der Waals surface area (Å²) >= 11 is 51.0. The van der Waals surface area contributed by atoms with Gasteiger partial charge in [-0.3, -0.25) is 34.7 Å². The topological polar surface area (TPSA) is 262 Å². The number of fused-ring (bicyclic) bond motifs is 15. The van der Waals surface area contributed by atoms with Crippen LogP contribution >= 0.6 is 226 Å². The molecule has 0 amide bonds. The third-order valence-corrected chi connectivity index (χ3v) is 36.6. The zero-order chi connectivity index (χ0) is 102. The second kappa shape index (κ2) is 62.4. The molecule has 13 aliphatic rings. The Kier molecular flexibility index (Phi) is 55.6. The van der Waals surface area contributed by atoms with E-state index in [-0.39, 0.29) is 157 Å². The minimum Gasteiger partial charge on any atom is -1.00 e. The number of nitrogens with zero attached hydrogens (tertiary/aromatic N) is 8. The van der Waals surface area contributed by atoms with Crippen LogP contribution in [0.25, 0.3) is 0 Å². The number of halogens is 12. The van der Waals surface area contributed by atoms with Crippen molar-refractivity contribution in [2.75, 3.05) is 70.0 Å². The van der Waals surface area contributed by atoms with E-state index < -0.39 is 27.4 Å². The number of alkyl halides is 1. The van der Waals surface area contributed by atoms with Gasteiger partial charge in [0.1, 0.15) is 17.3 Å². The van der Waals surface area contributed by atoms with Crippen molar-refractivity contribution in [3.05, 3.63) is 223 Å². The van der Waals surface area contributed by atoms with Crippen LogP contribution in [0.3, 0.4) is 0 Å². The molecule has 11 atom stereocenters. The summed E-state index contributed by atoms with van der Waals surface area (Å²) in [6.07, 6.45) is 24.5. The van der Waals surface area contributed by atoms with Crippen LogP contribution < -0.4 is 148 Å². The molecular weight excluding hydrogens is 2660 g/mol. The summed E-state index contributed by atoms with van der Waals surface area (Å²) < 4.78 is 39.6. The van der Waals surface area contributed by atoms with Gasteiger partial charge in [0.25, 0.3) is 6.47 Å². The molecule has 147 heavy (non-hydrogen) atoms. The molecular formula is C103H124BBr9Cl2FK2N11O13S5. The Labute approximate surface area is 1060 Å². The molecule has 22 rings (SSSR count). The predicted octanol–water partition coefficient (Wildman–Crippen LogP) is 25.1. The van der Waals surface area contributed by atoms with Gasteiger partial charge in [-0.15, -0.1) is 59.9 Å². The summed E-state index contributed by atoms with van der Waals surface area (Å²) in [5, 5.41) is 41.5. The molecule has 9 aromatic rings. The quantitative estimate of drug-likeness (QED) is 0.0122. The maximum atomic E-state index is 12.6. The molecule has 10 bridgehead atoms. The molecule has 1 spiro atoms. The number of benzene rings is 9. The van der Waals surface area contributed by atoms with Crippen molar-refractivity contribution >= 4 is 292 Å². The summed E-state index contributed by atoms with van der Waals surface area (Å²) in [5.74, 6) is 1.88. The third-order valence-electron chi connectivity index (χ3n) is 27.8. The molecule has 788 valence electrons. The fourth-order valence-corrected chi connectivity index (χ4v) is 29.4. The standard InChI is InChI=1S/C21H23BrN2OS.C21H25N3O3S.C20H21BrN2OS.C14H17BrN2S.C8H13NO.C6H4Br2S.C6H3BrFNO2.C3H4Cl2O2.CH2O3.3CH4.BBr3.2K.H/c1-23-14-7-8-15(23)12-16(11-14)24-17-9-6-13(22)10-20(17)26-21-18(24)4-3-5-19(21)25-2;1-23-15-10-11-16(23)13-14(12-15)22-17-6-3-4-8-19(17)28-20-9-5-7-18(27-2)21(20)24(25)26;1-24-18-4-2-3-17-20(18)25-19-9-12(21)5-8-16(19)23(17)15-10-13-6-7-14(11-15)22-13;1-17-10-3-4-11(17)8-14(7-10)16-12-5-2-9(15)6-13(12)18-14;1-9-6-2-3-7(9)5-8(10)4-6;7-4-1-2-5(8)6(9)3-4;7-4-1-2-5(8)6(3-4)9(10)11;1-2(4)7-3(5)6;2-1-4-3;;;;2-1(3)4;;;/h3-6,9-10,14-16H,7-8,11-12H2,1-2H3;3-9,14-16,22H,10-13H2,1-2H3;2-5,8-9,13-15,22H,6-7,10-11H2,1H3;2,5-6,10-11,16H,3-4,7-8H2,1H3;6-7H,2-5H2,1H3;1-3,9H;1-3H;2H,1H3;1,3H;3*1H4;;;;/q;;;;;;;;;;;;;2*+1;-1/p-1. The second-order valence-corrected chi connectivity index (χ2v) is 54.2. The summed E-state index contributed by atoms with van der Waals surface area (Å²) in [6, 6.07) is 63.9. The minimum absolute atomic E-state index is 0. The third kappa shape index (κ3) is 35.3. The summed E-state index contributed by atoms with van der Waals surface area (Å²) in [7, 11) is 14.0. The van der Waals surface area contributed by atoms with Crippen molar-refractivity contribution in [1.82, 2.24) is 24.9 Å². The molecule has 13 heterocycles. The second-order valence-electron chi connectivity index (χ2n) is 36.4. The zero-order valence-corrected chi connectivity index (χ0v) is 107. The smallest absolute Gasteiger partial charge is 1.00 e. The maximum absolute atomic E-state index is 12.6. The number of carbonyl (C=O) groups excluding carboxylic acids is 3. The van der Waals surface area contributed by atoms with Crippen molar-refractivity contribution in [3.63, 3.8) is 0 Å². The fraction of sp³-hybridized carbons (Fsp3) is 0.447. The van der Waals surface area contributed by atoms with E-state index in [0.717, 1.165) is 107 Å². The molecule has 44 heteroatoms. The number of rotatable bonds is 13. The fourth-order valence-electron chi connectivity index (χ4n) is 21.2. The number of nitro benzene ring substituents is 2. The van der Waals surface area contributed by atoms with Crippen LogP contribution in [0.5, 0.6) is 17.2 Å². The number of methoxy groups -OCH3 is 3. The number of ketones is 1. The first-order chi connectivity index (χ1) is 67.9. The van der Waals surface area contributed by atoms with Gasteiger partial charge in [-0.25, -0.2) is 4.79 Å². The van der Waals surface area contributed by atoms with Crippen molar-refractivity contribution in [3.8, 4) is 17.2 Å². The first-order valence-electron chi connectivity index (χ1n) is 46.5. The number of Topliss-reactive ketones (excluding diaryl/α,β-unsaturated/α-hetero) is 1. The number of anilines is 6. The minimum atomic E-state index is -0.873. The van der Waals surface area contributed by atoms with Crippen LogP contribution in [0.4, 0.5) is 54.7 Å². The summed E-state index contributed by atoms with van der Waals surface area (Å²) in [4.78, 5) is 77.2. The number of nitro groups is 2. The Bertz CT molecular complexity index is 5860. The van der Waals surface area contributed by atoms with Gasteiger partial charge in [0.05, 0.1) is 73.5 Å². The molecule has 10 saturated heterocycles. The molecule has 0 saturated carbocycles. The van der Waals surface area contributed by atoms with Crippen LogP contribution in [0, 0.1) is 26.0 Å². The Morgan fingerprint density at radius 2 is 0.973 bits per heavy atom. The van der Waals surface area contributed by atoms with E-state index in [2.05, 4.69) is 347 Å². The Morgan fingerprint density at radius 3 is 1.43 bits per heavy atom. The Morgan fingerprint density at radius 1 is 0.558 bits per heavy atom. The molecule has 0 radical (unpaired) electrons. The van der Waals surface area contributed by atoms with Gasteiger partial charge < -0.3 is 71.0 Å². The van der Waals surface area contributed by atoms with Crippen LogP contribution in [0.15, 0.2) is 236 Å². The summed E-state index contributed by atoms with van der Waals surface area (Å²) in [6.45, 7) is 1.32. The van der Waals surface area contributed by atoms with Gasteiger partial charge in [0, 0.05) is 172 Å². The van der Waals surface area contributed by atoms with Crippen molar-refractivity contribution < 1.29 is 162 Å². The van der Waals surface area contributed by atoms with E-state index in [9.17, 15) is 34.2 Å². The van der Waals surface area contributed by atoms with Crippen LogP contribution in [0.2, 0.25) is 0 Å². The summed E-state index contributed by atoms with van der Waals surface area (Å²) in [5.41, 5.74) is 5.64. The molecule has 0 aromatic heterocycles. The first kappa shape index (κ1) is 131. The largest absolute Gasteiger partial charge is 1.00 e. The van der Waals surface area contributed by atoms with Gasteiger partial charge in [0.15, 0.2) is 11.3 Å². The van der Waals surface area contributed by atoms with Crippen molar-refractivity contribution in [2.24, 2.45) is 0 Å². The average molecular weight is 2780 g/mol. The van der Waals surface area contributed by atoms with E-state index in [1.165, 1.54) is 192 Å². The van der Waals surface area contributed by atoms with Crippen LogP contribution in [-0.2, 0) is 19.2 Å². The van der Waals surface area contributed by atoms with E-state index >= 15 is 0 Å². The predicted molar refractivity (Wildman–Crippen MR) is 626 cm³/mol. The van der Waals surface area contributed by atoms with Crippen molar-refractivity contribution in [2.45, 2.75) is 286 Å². The van der Waals surface area contributed by atoms with Gasteiger partial charge in [0.2, 0.25) is 5.82 Å². The number of thioether (sulfide) groups is 1. The molecule has 9 aromatic carbocycles. The van der Waals surface area contributed by atoms with E-state index in [4.69, 9.17) is 47.5 Å². The molecule has 0 aliphatic carbocycles. The van der Waals surface area contributed by atoms with E-state index in [1.807, 2.05) is 59.9 Å². The molecule has 3 N–H and O–H groups in total. The van der Waals surface area contributed by atoms with Gasteiger partial charge in [-0.1, -0.05) is 191 Å². The SMILES string of the molecule is BrB(Br)Br.C.C.C.CC(Cl)OC(=O)Cl.CN1C2CCC1CC(=O)C2.CN1C2CCC1CC1(C2)Nc2ccc(Br)cc2S1.COc1cccc(Sc2ccccc2NC2CC3CCC(C2)N3C)c1[N+](=O)[O-].COc1cccc2c1Sc1cc(Br)ccc1N2C1CC2CCC(C1)N2.COc1cccc2c1Sc1cc(Br)ccc1N2C1CC2CCC(C1)N2C.O=CO[O-].O=[N+]([O-])c1cc(Br)ccc1F.Sc1cc(Br)ccc1Br.[H-].[K+].[K+]. The molecule has 13 aliphatic heterocycles. The van der Waals surface area contributed by atoms with Gasteiger partial charge in [-0.2, -0.15) is 4.39 Å². The number of hydrogen-bond acceptors (Lipinski definition) is 27. The number of hydrogen-bond donors (Lipinski definition) is 4. The number of nitrogens with one attached hydrogen (secondary N) is 3. The van der Waals surface area contributed by atoms with Crippen molar-refractivity contribution in [1.29, 1.82) is 0 Å². The Hall–Kier alpha value is -1.33.